The molecule has 0 bridgehead atoms. The molecule has 1 N–H and O–H groups in total. The largest absolute Gasteiger partial charge is 0.351 e. The third-order valence-corrected chi connectivity index (χ3v) is 5.99. The van der Waals surface area contributed by atoms with Crippen molar-refractivity contribution in [3.8, 4) is 0 Å². The summed E-state index contributed by atoms with van der Waals surface area (Å²) in [6, 6.07) is 17.8. The number of rotatable bonds is 4. The van der Waals surface area contributed by atoms with Crippen molar-refractivity contribution in [3.63, 3.8) is 0 Å². The maximum Gasteiger partial charge on any atom is 0.254 e. The molecule has 0 spiro atoms. The van der Waals surface area contributed by atoms with E-state index < -0.39 is 0 Å². The van der Waals surface area contributed by atoms with E-state index in [2.05, 4.69) is 5.32 Å². The molecule has 2 amide bonds. The fraction of sp³-hybridized carbons (Fsp3) is 0.273. The summed E-state index contributed by atoms with van der Waals surface area (Å²) in [5, 5.41) is 7.05. The van der Waals surface area contributed by atoms with Crippen molar-refractivity contribution in [2.24, 2.45) is 5.92 Å². The first kappa shape index (κ1) is 17.7. The quantitative estimate of drug-likeness (QED) is 0.744. The summed E-state index contributed by atoms with van der Waals surface area (Å²) in [6.07, 6.45) is 1.68. The summed E-state index contributed by atoms with van der Waals surface area (Å²) < 4.78 is 0. The van der Waals surface area contributed by atoms with Crippen LogP contribution in [0.25, 0.3) is 10.8 Å². The van der Waals surface area contributed by atoms with Crippen LogP contribution < -0.4 is 5.32 Å². The molecule has 0 saturated carbocycles. The molecule has 1 aliphatic rings. The van der Waals surface area contributed by atoms with E-state index in [0.717, 1.165) is 28.5 Å². The van der Waals surface area contributed by atoms with Crippen LogP contribution in [0.1, 0.15) is 28.1 Å². The Labute approximate surface area is 162 Å². The van der Waals surface area contributed by atoms with Gasteiger partial charge in [0, 0.05) is 23.5 Å². The van der Waals surface area contributed by atoms with E-state index in [0.29, 0.717) is 25.2 Å². The number of amides is 2. The summed E-state index contributed by atoms with van der Waals surface area (Å²) in [4.78, 5) is 28.7. The number of hydrogen-bond acceptors (Lipinski definition) is 3. The number of thiophene rings is 1. The second kappa shape index (κ2) is 7.92. The van der Waals surface area contributed by atoms with Gasteiger partial charge in [-0.05, 0) is 41.1 Å². The molecule has 1 fully saturated rings. The van der Waals surface area contributed by atoms with Crippen molar-refractivity contribution in [1.29, 1.82) is 0 Å². The number of carbonyl (C=O) groups is 2. The van der Waals surface area contributed by atoms with Crippen LogP contribution in [0.3, 0.4) is 0 Å². The molecule has 1 unspecified atom stereocenters. The molecule has 0 aliphatic carbocycles. The lowest BCUT2D eigenvalue weighted by atomic mass is 9.95. The van der Waals surface area contributed by atoms with E-state index in [1.54, 1.807) is 11.3 Å². The lowest BCUT2D eigenvalue weighted by molar-refractivity contribution is -0.126. The Morgan fingerprint density at radius 2 is 1.93 bits per heavy atom. The minimum absolute atomic E-state index is 0.0163. The number of benzene rings is 2. The summed E-state index contributed by atoms with van der Waals surface area (Å²) in [5.74, 6) is -0.0842. The average Bonchev–Trinajstić information content (AvgIpc) is 3.25. The molecule has 138 valence electrons. The summed E-state index contributed by atoms with van der Waals surface area (Å²) >= 11 is 1.64. The highest BCUT2D eigenvalue weighted by Crippen LogP contribution is 2.23. The highest BCUT2D eigenvalue weighted by Gasteiger charge is 2.29. The van der Waals surface area contributed by atoms with Crippen LogP contribution >= 0.6 is 11.3 Å². The third-order valence-electron chi connectivity index (χ3n) is 5.12. The Morgan fingerprint density at radius 1 is 1.07 bits per heavy atom. The van der Waals surface area contributed by atoms with Gasteiger partial charge in [0.25, 0.3) is 5.91 Å². The van der Waals surface area contributed by atoms with Crippen LogP contribution in [0.15, 0.2) is 60.0 Å². The summed E-state index contributed by atoms with van der Waals surface area (Å²) in [6.45, 7) is 1.75. The minimum atomic E-state index is -0.141. The zero-order valence-corrected chi connectivity index (χ0v) is 15.9. The first-order chi connectivity index (χ1) is 13.2. The van der Waals surface area contributed by atoms with Crippen molar-refractivity contribution in [2.75, 3.05) is 13.1 Å². The van der Waals surface area contributed by atoms with Crippen LogP contribution in [-0.2, 0) is 11.3 Å². The highest BCUT2D eigenvalue weighted by atomic mass is 32.1. The molecule has 1 aromatic heterocycles. The first-order valence-corrected chi connectivity index (χ1v) is 10.2. The summed E-state index contributed by atoms with van der Waals surface area (Å²) in [5.41, 5.74) is 0.716. The van der Waals surface area contributed by atoms with Crippen molar-refractivity contribution >= 4 is 33.9 Å². The minimum Gasteiger partial charge on any atom is -0.351 e. The van der Waals surface area contributed by atoms with E-state index in [1.807, 2.05) is 64.9 Å². The molecule has 1 atom stereocenters. The van der Waals surface area contributed by atoms with Crippen LogP contribution in [-0.4, -0.2) is 29.8 Å². The van der Waals surface area contributed by atoms with E-state index in [-0.39, 0.29) is 17.7 Å². The van der Waals surface area contributed by atoms with Crippen molar-refractivity contribution in [3.05, 3.63) is 70.4 Å². The van der Waals surface area contributed by atoms with E-state index in [9.17, 15) is 9.59 Å². The van der Waals surface area contributed by atoms with Gasteiger partial charge in [-0.25, -0.2) is 0 Å². The molecule has 27 heavy (non-hydrogen) atoms. The topological polar surface area (TPSA) is 49.4 Å². The average molecular weight is 378 g/mol. The van der Waals surface area contributed by atoms with Crippen LogP contribution in [0, 0.1) is 5.92 Å². The maximum absolute atomic E-state index is 13.1. The van der Waals surface area contributed by atoms with Gasteiger partial charge in [0.2, 0.25) is 5.91 Å². The Morgan fingerprint density at radius 3 is 2.78 bits per heavy atom. The number of likely N-dealkylation sites (tertiary alicyclic amines) is 1. The smallest absolute Gasteiger partial charge is 0.254 e. The SMILES string of the molecule is O=C(NCc1cccs1)C1CCCN(C(=O)c2cccc3ccccc23)C1. The van der Waals surface area contributed by atoms with Gasteiger partial charge in [-0.1, -0.05) is 42.5 Å². The number of nitrogens with one attached hydrogen (secondary N) is 1. The Kier molecular flexibility index (Phi) is 5.21. The zero-order valence-electron chi connectivity index (χ0n) is 15.1. The number of hydrogen-bond donors (Lipinski definition) is 1. The van der Waals surface area contributed by atoms with E-state index >= 15 is 0 Å². The van der Waals surface area contributed by atoms with E-state index in [1.165, 1.54) is 0 Å². The van der Waals surface area contributed by atoms with Crippen molar-refractivity contribution < 1.29 is 9.59 Å². The Hall–Kier alpha value is -2.66. The van der Waals surface area contributed by atoms with Crippen LogP contribution in [0.2, 0.25) is 0 Å². The predicted octanol–water partition coefficient (Wildman–Crippen LogP) is 4.07. The molecule has 4 nitrogen and oxygen atoms in total. The van der Waals surface area contributed by atoms with Gasteiger partial charge < -0.3 is 10.2 Å². The third kappa shape index (κ3) is 3.88. The number of nitrogens with zero attached hydrogens (tertiary/aromatic N) is 1. The van der Waals surface area contributed by atoms with Gasteiger partial charge in [0.15, 0.2) is 0 Å². The fourth-order valence-electron chi connectivity index (χ4n) is 3.69. The predicted molar refractivity (Wildman–Crippen MR) is 109 cm³/mol. The lowest BCUT2D eigenvalue weighted by Gasteiger charge is -2.32. The summed E-state index contributed by atoms with van der Waals surface area (Å²) in [7, 11) is 0. The Balaban J connectivity index is 1.45. The van der Waals surface area contributed by atoms with Crippen LogP contribution in [0.5, 0.6) is 0 Å². The molecule has 1 saturated heterocycles. The molecule has 0 radical (unpaired) electrons. The number of piperidine rings is 1. The lowest BCUT2D eigenvalue weighted by Crippen LogP contribution is -2.45. The normalized spacial score (nSPS) is 17.0. The molecule has 3 aromatic rings. The van der Waals surface area contributed by atoms with Gasteiger partial charge in [-0.3, -0.25) is 9.59 Å². The fourth-order valence-corrected chi connectivity index (χ4v) is 4.33. The van der Waals surface area contributed by atoms with Gasteiger partial charge in [0.05, 0.1) is 12.5 Å². The molecule has 2 heterocycles. The molecular weight excluding hydrogens is 356 g/mol. The molecule has 4 rings (SSSR count). The number of carbonyl (C=O) groups excluding carboxylic acids is 2. The zero-order chi connectivity index (χ0) is 18.6. The Bertz CT molecular complexity index is 947. The van der Waals surface area contributed by atoms with Crippen LogP contribution in [0.4, 0.5) is 0 Å². The monoisotopic (exact) mass is 378 g/mol. The highest BCUT2D eigenvalue weighted by molar-refractivity contribution is 7.09. The van der Waals surface area contributed by atoms with Gasteiger partial charge >= 0.3 is 0 Å². The number of fused-ring (bicyclic) bond motifs is 1. The van der Waals surface area contributed by atoms with Crippen molar-refractivity contribution in [1.82, 2.24) is 10.2 Å². The van der Waals surface area contributed by atoms with Gasteiger partial charge in [-0.15, -0.1) is 11.3 Å². The second-order valence-electron chi connectivity index (χ2n) is 6.91. The van der Waals surface area contributed by atoms with Gasteiger partial charge in [0.1, 0.15) is 0 Å². The van der Waals surface area contributed by atoms with Gasteiger partial charge in [-0.2, -0.15) is 0 Å². The first-order valence-electron chi connectivity index (χ1n) is 9.29. The second-order valence-corrected chi connectivity index (χ2v) is 7.95. The van der Waals surface area contributed by atoms with E-state index in [4.69, 9.17) is 0 Å². The standard InChI is InChI=1S/C22H22N2O2S/c25-21(23-14-18-9-5-13-27-18)17-8-4-12-24(15-17)22(26)20-11-3-7-16-6-1-2-10-19(16)20/h1-3,5-7,9-11,13,17H,4,8,12,14-15H2,(H,23,25). The maximum atomic E-state index is 13.1. The molecule has 1 aliphatic heterocycles. The molecule has 5 heteroatoms. The van der Waals surface area contributed by atoms with Crippen molar-refractivity contribution in [2.45, 2.75) is 19.4 Å². The molecule has 2 aromatic carbocycles. The molecular formula is C22H22N2O2S.